The molecule has 0 rings (SSSR count). The van der Waals surface area contributed by atoms with E-state index in [0.717, 1.165) is 0 Å². The molecular formula is C6H13AlO7Sr. The second kappa shape index (κ2) is 8.53. The summed E-state index contributed by atoms with van der Waals surface area (Å²) in [5.74, 6) is -5.02. The Morgan fingerprint density at radius 3 is 1.33 bits per heavy atom. The van der Waals surface area contributed by atoms with Crippen molar-refractivity contribution in [3.63, 3.8) is 0 Å². The van der Waals surface area contributed by atoms with E-state index >= 15 is 0 Å². The van der Waals surface area contributed by atoms with Gasteiger partial charge in [-0.05, 0) is 0 Å². The quantitative estimate of drug-likeness (QED) is 0.390. The number of hydrogen-bond acceptors (Lipinski definition) is 4. The van der Waals surface area contributed by atoms with E-state index in [1.54, 1.807) is 0 Å². The number of rotatable bonds is 5. The average Bonchev–Trinajstić information content (AvgIpc) is 1.82. The van der Waals surface area contributed by atoms with E-state index in [9.17, 15) is 14.4 Å². The zero-order valence-corrected chi connectivity index (χ0v) is 6.43. The number of carboxylic acids is 3. The average molecular weight is 312 g/mol. The Hall–Kier alpha value is 0.383. The Bertz CT molecular complexity index is 238. The minimum atomic E-state index is -2.74. The molecule has 15 heavy (non-hydrogen) atoms. The molecule has 7 nitrogen and oxygen atoms in total. The zero-order chi connectivity index (χ0) is 10.6. The maximum atomic E-state index is 10.3. The van der Waals surface area contributed by atoms with Crippen molar-refractivity contribution in [3.05, 3.63) is 0 Å². The number of aliphatic carboxylic acids is 3. The van der Waals surface area contributed by atoms with Crippen LogP contribution in [0.4, 0.5) is 0 Å². The molecule has 0 spiro atoms. The van der Waals surface area contributed by atoms with Gasteiger partial charge in [0.2, 0.25) is 0 Å². The summed E-state index contributed by atoms with van der Waals surface area (Å²) < 4.78 is 0. The van der Waals surface area contributed by atoms with Gasteiger partial charge in [0, 0.05) is 0 Å². The Balaban J connectivity index is -0.000000720. The summed E-state index contributed by atoms with van der Waals surface area (Å²) >= 11 is 0. The summed E-state index contributed by atoms with van der Waals surface area (Å²) in [6.45, 7) is 0. The van der Waals surface area contributed by atoms with E-state index in [1.807, 2.05) is 0 Å². The molecule has 0 aromatic heterocycles. The third kappa shape index (κ3) is 8.22. The van der Waals surface area contributed by atoms with Crippen LogP contribution in [0.25, 0.3) is 0 Å². The van der Waals surface area contributed by atoms with E-state index in [-0.39, 0.29) is 62.8 Å². The van der Waals surface area contributed by atoms with Gasteiger partial charge >= 0.3 is 63.4 Å². The van der Waals surface area contributed by atoms with Crippen LogP contribution in [0.5, 0.6) is 0 Å². The van der Waals surface area contributed by atoms with E-state index in [1.165, 1.54) is 0 Å². The number of aliphatic hydroxyl groups is 1. The molecule has 0 aliphatic rings. The SMILES string of the molecule is O=C(O)CC(O)(CC(=O)O)C(=O)O.[AlH3].[SrH2]. The molecule has 0 aliphatic heterocycles. The summed E-state index contributed by atoms with van der Waals surface area (Å²) in [5, 5.41) is 33.8. The van der Waals surface area contributed by atoms with Crippen LogP contribution < -0.4 is 0 Å². The summed E-state index contributed by atoms with van der Waals surface area (Å²) in [7, 11) is 0. The molecule has 0 aliphatic carbocycles. The van der Waals surface area contributed by atoms with Gasteiger partial charge < -0.3 is 20.4 Å². The predicted molar refractivity (Wildman–Crippen MR) is 55.6 cm³/mol. The molecule has 0 atom stereocenters. The third-order valence-corrected chi connectivity index (χ3v) is 1.29. The van der Waals surface area contributed by atoms with Gasteiger partial charge in [-0.3, -0.25) is 9.59 Å². The molecule has 0 saturated carbocycles. The van der Waals surface area contributed by atoms with Gasteiger partial charge in [-0.2, -0.15) is 0 Å². The Labute approximate surface area is 132 Å². The van der Waals surface area contributed by atoms with Crippen molar-refractivity contribution in [2.24, 2.45) is 0 Å². The fourth-order valence-corrected chi connectivity index (χ4v) is 0.714. The first-order chi connectivity index (χ1) is 5.78. The number of carboxylic acid groups (broad SMARTS) is 3. The van der Waals surface area contributed by atoms with Crippen LogP contribution in [0.3, 0.4) is 0 Å². The monoisotopic (exact) mass is 312 g/mol. The second-order valence-electron chi connectivity index (χ2n) is 2.48. The van der Waals surface area contributed by atoms with Gasteiger partial charge in [0.25, 0.3) is 0 Å². The Morgan fingerprint density at radius 2 is 1.20 bits per heavy atom. The van der Waals surface area contributed by atoms with Crippen LogP contribution >= 0.6 is 0 Å². The second-order valence-corrected chi connectivity index (χ2v) is 2.48. The molecule has 0 heterocycles. The summed E-state index contributed by atoms with van der Waals surface area (Å²) in [6, 6.07) is 0. The van der Waals surface area contributed by atoms with Crippen LogP contribution in [0.2, 0.25) is 0 Å². The standard InChI is InChI=1S/C6H8O7.Al.Sr.5H/c7-3(8)1-6(13,5(11)12)2-4(9)10;;;;;;;/h13H,1-2H2,(H,7,8)(H,9,10)(H,11,12);;;;;;;. The van der Waals surface area contributed by atoms with Crippen LogP contribution in [-0.4, -0.2) is 107 Å². The molecule has 0 amide bonds. The molecule has 0 unspecified atom stereocenters. The first-order valence-electron chi connectivity index (χ1n) is 3.17. The van der Waals surface area contributed by atoms with Crippen molar-refractivity contribution < 1.29 is 34.8 Å². The molecule has 0 bridgehead atoms. The molecule has 9 heteroatoms. The fourth-order valence-electron chi connectivity index (χ4n) is 0.714. The van der Waals surface area contributed by atoms with Gasteiger partial charge in [-0.1, -0.05) is 0 Å². The third-order valence-electron chi connectivity index (χ3n) is 1.29. The fraction of sp³-hybridized carbons (Fsp3) is 0.500. The van der Waals surface area contributed by atoms with Gasteiger partial charge in [0.1, 0.15) is 0 Å². The van der Waals surface area contributed by atoms with Crippen molar-refractivity contribution in [2.75, 3.05) is 0 Å². The molecular weight excluding hydrogens is 299 g/mol. The minimum absolute atomic E-state index is 0. The van der Waals surface area contributed by atoms with Crippen molar-refractivity contribution in [1.29, 1.82) is 0 Å². The molecule has 84 valence electrons. The summed E-state index contributed by atoms with van der Waals surface area (Å²) in [6.07, 6.45) is -2.29. The van der Waals surface area contributed by atoms with E-state index in [0.29, 0.717) is 0 Å². The van der Waals surface area contributed by atoms with Gasteiger partial charge in [-0.15, -0.1) is 0 Å². The van der Waals surface area contributed by atoms with E-state index < -0.39 is 36.4 Å². The van der Waals surface area contributed by atoms with E-state index in [4.69, 9.17) is 20.4 Å². The van der Waals surface area contributed by atoms with Crippen LogP contribution in [0.15, 0.2) is 0 Å². The number of hydrogen-bond donors (Lipinski definition) is 4. The molecule has 0 saturated heterocycles. The van der Waals surface area contributed by atoms with E-state index in [2.05, 4.69) is 0 Å². The normalized spacial score (nSPS) is 9.40. The van der Waals surface area contributed by atoms with Crippen molar-refractivity contribution in [3.8, 4) is 0 Å². The number of carbonyl (C=O) groups is 3. The maximum absolute atomic E-state index is 10.3. The Kier molecular flexibility index (Phi) is 11.8. The Morgan fingerprint density at radius 1 is 0.933 bits per heavy atom. The van der Waals surface area contributed by atoms with Gasteiger partial charge in [0.05, 0.1) is 12.8 Å². The molecule has 0 fully saturated rings. The first-order valence-corrected chi connectivity index (χ1v) is 3.17. The predicted octanol–water partition coefficient (Wildman–Crippen LogP) is -3.35. The van der Waals surface area contributed by atoms with Crippen molar-refractivity contribution in [1.82, 2.24) is 0 Å². The van der Waals surface area contributed by atoms with Gasteiger partial charge in [-0.25, -0.2) is 4.79 Å². The van der Waals surface area contributed by atoms with Crippen LogP contribution in [-0.2, 0) is 14.4 Å². The molecule has 0 aromatic rings. The van der Waals surface area contributed by atoms with Crippen LogP contribution in [0, 0.1) is 0 Å². The first kappa shape index (κ1) is 20.8. The van der Waals surface area contributed by atoms with Crippen LogP contribution in [0.1, 0.15) is 12.8 Å². The van der Waals surface area contributed by atoms with Crippen molar-refractivity contribution in [2.45, 2.75) is 18.4 Å². The van der Waals surface area contributed by atoms with Gasteiger partial charge in [0.15, 0.2) is 23.0 Å². The summed E-state index contributed by atoms with van der Waals surface area (Å²) in [4.78, 5) is 30.5. The molecule has 0 aromatic carbocycles. The summed E-state index contributed by atoms with van der Waals surface area (Å²) in [5.41, 5.74) is -2.74. The zero-order valence-electron chi connectivity index (χ0n) is 6.43. The van der Waals surface area contributed by atoms with Crippen molar-refractivity contribution >= 4 is 80.8 Å². The molecule has 0 radical (unpaired) electrons. The molecule has 4 N–H and O–H groups in total. The topological polar surface area (TPSA) is 132 Å².